The van der Waals surface area contributed by atoms with Crippen molar-refractivity contribution in [1.82, 2.24) is 10.1 Å². The molecule has 2 atom stereocenters. The molecular formula is C15H20N4O2. The van der Waals surface area contributed by atoms with E-state index in [0.717, 1.165) is 6.42 Å². The minimum absolute atomic E-state index is 0.114. The van der Waals surface area contributed by atoms with Crippen molar-refractivity contribution in [1.29, 1.82) is 0 Å². The van der Waals surface area contributed by atoms with E-state index in [1.165, 1.54) is 0 Å². The number of benzene rings is 1. The van der Waals surface area contributed by atoms with Crippen LogP contribution in [0.5, 0.6) is 0 Å². The van der Waals surface area contributed by atoms with Crippen LogP contribution in [-0.2, 0) is 4.79 Å². The monoisotopic (exact) mass is 288 g/mol. The van der Waals surface area contributed by atoms with E-state index in [0.29, 0.717) is 23.0 Å². The maximum Gasteiger partial charge on any atom is 0.260 e. The summed E-state index contributed by atoms with van der Waals surface area (Å²) in [6, 6.07) is 6.73. The summed E-state index contributed by atoms with van der Waals surface area (Å²) in [6.07, 6.45) is 0.846. The number of nitrogens with two attached hydrogens (primary N) is 1. The van der Waals surface area contributed by atoms with Gasteiger partial charge < -0.3 is 15.6 Å². The van der Waals surface area contributed by atoms with E-state index >= 15 is 0 Å². The van der Waals surface area contributed by atoms with Crippen LogP contribution in [0.3, 0.4) is 0 Å². The number of anilines is 1. The Bertz CT molecular complexity index is 624. The third-order valence-corrected chi connectivity index (χ3v) is 3.50. The van der Waals surface area contributed by atoms with Crippen LogP contribution in [0.1, 0.15) is 26.1 Å². The predicted octanol–water partition coefficient (Wildman–Crippen LogP) is 2.36. The Labute approximate surface area is 123 Å². The highest BCUT2D eigenvalue weighted by Crippen LogP contribution is 2.26. The molecule has 2 aromatic rings. The summed E-state index contributed by atoms with van der Waals surface area (Å²) in [4.78, 5) is 16.4. The first-order chi connectivity index (χ1) is 10.0. The van der Waals surface area contributed by atoms with E-state index in [1.807, 2.05) is 32.0 Å². The molecule has 1 aromatic carbocycles. The Kier molecular flexibility index (Phi) is 4.70. The first-order valence-electron chi connectivity index (χ1n) is 6.99. The molecule has 6 nitrogen and oxygen atoms in total. The molecule has 0 saturated carbocycles. The van der Waals surface area contributed by atoms with Crippen molar-refractivity contribution in [3.63, 3.8) is 0 Å². The van der Waals surface area contributed by atoms with Crippen LogP contribution in [-0.4, -0.2) is 22.1 Å². The largest absolute Gasteiger partial charge is 0.334 e. The van der Waals surface area contributed by atoms with Gasteiger partial charge in [-0.05, 0) is 25.0 Å². The van der Waals surface area contributed by atoms with Crippen molar-refractivity contribution in [3.8, 4) is 11.5 Å². The van der Waals surface area contributed by atoms with Crippen molar-refractivity contribution in [2.24, 2.45) is 11.7 Å². The van der Waals surface area contributed by atoms with E-state index in [1.54, 1.807) is 13.0 Å². The standard InChI is InChI=1S/C15H20N4O2/c1-4-9(2)13(16)14(20)18-12-8-6-5-7-11(12)15-17-10(3)19-21-15/h5-9,13H,4,16H2,1-3H3,(H,18,20)/t9-,13-/m0/s1. The average molecular weight is 288 g/mol. The van der Waals surface area contributed by atoms with E-state index in [-0.39, 0.29) is 11.8 Å². The molecule has 21 heavy (non-hydrogen) atoms. The second-order valence-electron chi connectivity index (χ2n) is 5.09. The normalized spacial score (nSPS) is 13.7. The Morgan fingerprint density at radius 1 is 1.43 bits per heavy atom. The molecule has 0 saturated heterocycles. The van der Waals surface area contributed by atoms with Crippen LogP contribution in [0, 0.1) is 12.8 Å². The van der Waals surface area contributed by atoms with Crippen molar-refractivity contribution in [3.05, 3.63) is 30.1 Å². The number of carbonyl (C=O) groups excluding carboxylic acids is 1. The summed E-state index contributed by atoms with van der Waals surface area (Å²) >= 11 is 0. The van der Waals surface area contributed by atoms with Crippen LogP contribution in [0.2, 0.25) is 0 Å². The number of nitrogens with one attached hydrogen (secondary N) is 1. The fourth-order valence-electron chi connectivity index (χ4n) is 1.91. The Morgan fingerprint density at radius 3 is 2.76 bits per heavy atom. The number of carbonyl (C=O) groups is 1. The van der Waals surface area contributed by atoms with Crippen LogP contribution in [0.15, 0.2) is 28.8 Å². The van der Waals surface area contributed by atoms with E-state index < -0.39 is 6.04 Å². The maximum absolute atomic E-state index is 12.2. The number of hydrogen-bond acceptors (Lipinski definition) is 5. The third kappa shape index (κ3) is 3.46. The molecule has 0 aliphatic rings. The predicted molar refractivity (Wildman–Crippen MR) is 80.5 cm³/mol. The lowest BCUT2D eigenvalue weighted by atomic mass is 9.99. The van der Waals surface area contributed by atoms with Gasteiger partial charge in [0.15, 0.2) is 5.82 Å². The zero-order valence-corrected chi connectivity index (χ0v) is 12.5. The van der Waals surface area contributed by atoms with E-state index in [9.17, 15) is 4.79 Å². The van der Waals surface area contributed by atoms with Crippen molar-refractivity contribution < 1.29 is 9.32 Å². The molecule has 1 heterocycles. The molecule has 0 aliphatic carbocycles. The summed E-state index contributed by atoms with van der Waals surface area (Å²) in [5, 5.41) is 6.61. The highest BCUT2D eigenvalue weighted by Gasteiger charge is 2.21. The SMILES string of the molecule is CC[C@H](C)[C@H](N)C(=O)Nc1ccccc1-c1nc(C)no1. The van der Waals surface area contributed by atoms with Gasteiger partial charge in [-0.3, -0.25) is 4.79 Å². The lowest BCUT2D eigenvalue weighted by molar-refractivity contribution is -0.118. The molecule has 2 rings (SSSR count). The van der Waals surface area contributed by atoms with Crippen molar-refractivity contribution in [2.75, 3.05) is 5.32 Å². The fraction of sp³-hybridized carbons (Fsp3) is 0.400. The van der Waals surface area contributed by atoms with Gasteiger partial charge in [-0.1, -0.05) is 37.6 Å². The van der Waals surface area contributed by atoms with Crippen molar-refractivity contribution >= 4 is 11.6 Å². The molecule has 1 amide bonds. The number of nitrogens with zero attached hydrogens (tertiary/aromatic N) is 2. The highest BCUT2D eigenvalue weighted by molar-refractivity contribution is 5.97. The molecule has 0 unspecified atom stereocenters. The van der Waals surface area contributed by atoms with Gasteiger partial charge in [-0.2, -0.15) is 4.98 Å². The molecule has 0 fully saturated rings. The number of rotatable bonds is 5. The number of aryl methyl sites for hydroxylation is 1. The number of hydrogen-bond donors (Lipinski definition) is 2. The van der Waals surface area contributed by atoms with Crippen LogP contribution < -0.4 is 11.1 Å². The summed E-state index contributed by atoms with van der Waals surface area (Å²) in [5.41, 5.74) is 7.25. The third-order valence-electron chi connectivity index (χ3n) is 3.50. The van der Waals surface area contributed by atoms with Gasteiger partial charge in [0.2, 0.25) is 5.91 Å². The second-order valence-corrected chi connectivity index (χ2v) is 5.09. The van der Waals surface area contributed by atoms with Gasteiger partial charge in [0.1, 0.15) is 0 Å². The molecule has 3 N–H and O–H groups in total. The van der Waals surface area contributed by atoms with Gasteiger partial charge in [0.05, 0.1) is 17.3 Å². The first kappa shape index (κ1) is 15.2. The zero-order valence-electron chi connectivity index (χ0n) is 12.5. The maximum atomic E-state index is 12.2. The Morgan fingerprint density at radius 2 is 2.14 bits per heavy atom. The van der Waals surface area contributed by atoms with Crippen LogP contribution in [0.25, 0.3) is 11.5 Å². The molecule has 0 radical (unpaired) electrons. The zero-order chi connectivity index (χ0) is 15.4. The topological polar surface area (TPSA) is 94.0 Å². The Hall–Kier alpha value is -2.21. The lowest BCUT2D eigenvalue weighted by Gasteiger charge is -2.18. The minimum Gasteiger partial charge on any atom is -0.334 e. The summed E-state index contributed by atoms with van der Waals surface area (Å²) in [7, 11) is 0. The second kappa shape index (κ2) is 6.49. The minimum atomic E-state index is -0.549. The number of para-hydroxylation sites is 1. The highest BCUT2D eigenvalue weighted by atomic mass is 16.5. The molecule has 1 aromatic heterocycles. The molecule has 112 valence electrons. The molecular weight excluding hydrogens is 268 g/mol. The first-order valence-corrected chi connectivity index (χ1v) is 6.99. The van der Waals surface area contributed by atoms with Gasteiger partial charge in [-0.25, -0.2) is 0 Å². The molecule has 6 heteroatoms. The average Bonchev–Trinajstić information content (AvgIpc) is 2.92. The summed E-state index contributed by atoms with van der Waals surface area (Å²) < 4.78 is 5.16. The Balaban J connectivity index is 2.23. The quantitative estimate of drug-likeness (QED) is 0.880. The van der Waals surface area contributed by atoms with Crippen molar-refractivity contribution in [2.45, 2.75) is 33.2 Å². The van der Waals surface area contributed by atoms with E-state index in [2.05, 4.69) is 15.5 Å². The van der Waals surface area contributed by atoms with Gasteiger partial charge in [-0.15, -0.1) is 0 Å². The lowest BCUT2D eigenvalue weighted by Crippen LogP contribution is -2.40. The molecule has 0 aliphatic heterocycles. The summed E-state index contributed by atoms with van der Waals surface area (Å²) in [6.45, 7) is 5.71. The smallest absolute Gasteiger partial charge is 0.260 e. The summed E-state index contributed by atoms with van der Waals surface area (Å²) in [5.74, 6) is 0.818. The molecule has 0 spiro atoms. The fourth-order valence-corrected chi connectivity index (χ4v) is 1.91. The van der Waals surface area contributed by atoms with Gasteiger partial charge in [0, 0.05) is 0 Å². The van der Waals surface area contributed by atoms with Gasteiger partial charge >= 0.3 is 0 Å². The number of aromatic nitrogens is 2. The number of amides is 1. The van der Waals surface area contributed by atoms with Crippen LogP contribution >= 0.6 is 0 Å². The van der Waals surface area contributed by atoms with E-state index in [4.69, 9.17) is 10.3 Å². The van der Waals surface area contributed by atoms with Gasteiger partial charge in [0.25, 0.3) is 5.89 Å². The molecule has 0 bridgehead atoms. The van der Waals surface area contributed by atoms with Crippen LogP contribution in [0.4, 0.5) is 5.69 Å².